The summed E-state index contributed by atoms with van der Waals surface area (Å²) in [6, 6.07) is 9.97. The van der Waals surface area contributed by atoms with E-state index in [1.54, 1.807) is 0 Å². The third kappa shape index (κ3) is 9.73. The summed E-state index contributed by atoms with van der Waals surface area (Å²) in [5, 5.41) is 8.85. The van der Waals surface area contributed by atoms with Gasteiger partial charge in [0, 0.05) is 19.1 Å². The van der Waals surface area contributed by atoms with Crippen LogP contribution >= 0.6 is 24.8 Å². The van der Waals surface area contributed by atoms with Gasteiger partial charge in [-0.2, -0.15) is 0 Å². The zero-order valence-corrected chi connectivity index (χ0v) is 12.6. The Morgan fingerprint density at radius 2 is 1.89 bits per heavy atom. The summed E-state index contributed by atoms with van der Waals surface area (Å²) < 4.78 is 0. The van der Waals surface area contributed by atoms with Crippen LogP contribution in [0.2, 0.25) is 0 Å². The molecule has 1 aromatic carbocycles. The maximum atomic E-state index is 10.8. The summed E-state index contributed by atoms with van der Waals surface area (Å²) in [6.07, 6.45) is 0.806. The Kier molecular flexibility index (Phi) is 11.9. The van der Waals surface area contributed by atoms with Gasteiger partial charge in [0.2, 0.25) is 0 Å². The lowest BCUT2D eigenvalue weighted by Crippen LogP contribution is -2.33. The fraction of sp³-hybridized carbons (Fsp3) is 0.462. The van der Waals surface area contributed by atoms with E-state index in [1.807, 2.05) is 42.2 Å². The Hall–Kier alpha value is -0.810. The highest BCUT2D eigenvalue weighted by atomic mass is 35.5. The van der Waals surface area contributed by atoms with E-state index < -0.39 is 5.97 Å². The van der Waals surface area contributed by atoms with Crippen LogP contribution in [0.3, 0.4) is 0 Å². The number of aliphatic carboxylic acids is 1. The molecule has 0 radical (unpaired) electrons. The van der Waals surface area contributed by atoms with Crippen LogP contribution in [0.25, 0.3) is 0 Å². The zero-order valence-electron chi connectivity index (χ0n) is 11.0. The third-order valence-corrected chi connectivity index (χ3v) is 2.51. The number of carboxylic acid groups (broad SMARTS) is 1. The van der Waals surface area contributed by atoms with Gasteiger partial charge in [0.05, 0.1) is 6.54 Å². The SMILES string of the molecule is C[C@@H](N)CCN(CC(=O)O)Cc1ccccc1.Cl.Cl. The minimum atomic E-state index is -0.800. The molecule has 4 nitrogen and oxygen atoms in total. The molecule has 19 heavy (non-hydrogen) atoms. The van der Waals surface area contributed by atoms with E-state index in [2.05, 4.69) is 0 Å². The number of nitrogens with two attached hydrogens (primary N) is 1. The number of rotatable bonds is 7. The van der Waals surface area contributed by atoms with Crippen LogP contribution in [0.15, 0.2) is 30.3 Å². The standard InChI is InChI=1S/C13H20N2O2.2ClH/c1-11(14)7-8-15(10-13(16)17)9-12-5-3-2-4-6-12;;/h2-6,11H,7-10,14H2,1H3,(H,16,17);2*1H/t11-;;/m1../s1. The number of halogens is 2. The average molecular weight is 309 g/mol. The van der Waals surface area contributed by atoms with Crippen LogP contribution in [-0.2, 0) is 11.3 Å². The first kappa shape index (κ1) is 20.5. The predicted octanol–water partition coefficient (Wildman–Crippen LogP) is 2.15. The van der Waals surface area contributed by atoms with Gasteiger partial charge < -0.3 is 10.8 Å². The minimum Gasteiger partial charge on any atom is -0.480 e. The highest BCUT2D eigenvalue weighted by molar-refractivity contribution is 5.85. The van der Waals surface area contributed by atoms with Crippen molar-refractivity contribution >= 4 is 30.8 Å². The van der Waals surface area contributed by atoms with Crippen LogP contribution in [-0.4, -0.2) is 35.1 Å². The summed E-state index contributed by atoms with van der Waals surface area (Å²) in [5.41, 5.74) is 6.81. The van der Waals surface area contributed by atoms with Crippen molar-refractivity contribution in [1.82, 2.24) is 4.90 Å². The second-order valence-electron chi connectivity index (χ2n) is 4.36. The van der Waals surface area contributed by atoms with E-state index >= 15 is 0 Å². The van der Waals surface area contributed by atoms with Crippen LogP contribution in [0, 0.1) is 0 Å². The van der Waals surface area contributed by atoms with Gasteiger partial charge >= 0.3 is 5.97 Å². The van der Waals surface area contributed by atoms with Crippen molar-refractivity contribution in [2.75, 3.05) is 13.1 Å². The molecule has 1 aromatic rings. The molecular weight excluding hydrogens is 287 g/mol. The monoisotopic (exact) mass is 308 g/mol. The van der Waals surface area contributed by atoms with E-state index in [0.29, 0.717) is 13.1 Å². The Morgan fingerprint density at radius 1 is 1.32 bits per heavy atom. The summed E-state index contributed by atoms with van der Waals surface area (Å²) >= 11 is 0. The normalized spacial score (nSPS) is 11.3. The van der Waals surface area contributed by atoms with E-state index in [-0.39, 0.29) is 37.4 Å². The number of nitrogens with zero attached hydrogens (tertiary/aromatic N) is 1. The maximum absolute atomic E-state index is 10.8. The molecule has 0 aliphatic heterocycles. The number of carboxylic acids is 1. The molecule has 6 heteroatoms. The lowest BCUT2D eigenvalue weighted by atomic mass is 10.2. The average Bonchev–Trinajstić information content (AvgIpc) is 2.26. The predicted molar refractivity (Wildman–Crippen MR) is 82.1 cm³/mol. The minimum absolute atomic E-state index is 0. The molecule has 110 valence electrons. The Morgan fingerprint density at radius 3 is 2.37 bits per heavy atom. The van der Waals surface area contributed by atoms with Gasteiger partial charge in [-0.05, 0) is 18.9 Å². The highest BCUT2D eigenvalue weighted by Gasteiger charge is 2.10. The molecule has 0 aromatic heterocycles. The molecule has 0 bridgehead atoms. The second kappa shape index (κ2) is 11.1. The van der Waals surface area contributed by atoms with Crippen molar-refractivity contribution in [3.63, 3.8) is 0 Å². The fourth-order valence-electron chi connectivity index (χ4n) is 1.63. The summed E-state index contributed by atoms with van der Waals surface area (Å²) in [5.74, 6) is -0.800. The zero-order chi connectivity index (χ0) is 12.7. The third-order valence-electron chi connectivity index (χ3n) is 2.51. The van der Waals surface area contributed by atoms with Gasteiger partial charge in [0.25, 0.3) is 0 Å². The van der Waals surface area contributed by atoms with E-state index in [1.165, 1.54) is 0 Å². The molecule has 0 spiro atoms. The summed E-state index contributed by atoms with van der Waals surface area (Å²) in [6.45, 7) is 3.35. The first-order valence-corrected chi connectivity index (χ1v) is 5.81. The first-order valence-electron chi connectivity index (χ1n) is 5.81. The van der Waals surface area contributed by atoms with Gasteiger partial charge in [0.1, 0.15) is 0 Å². The van der Waals surface area contributed by atoms with Crippen LogP contribution in [0.5, 0.6) is 0 Å². The van der Waals surface area contributed by atoms with Gasteiger partial charge in [-0.25, -0.2) is 0 Å². The topological polar surface area (TPSA) is 66.6 Å². The molecule has 0 saturated heterocycles. The quantitative estimate of drug-likeness (QED) is 0.810. The molecule has 3 N–H and O–H groups in total. The Labute approximate surface area is 126 Å². The lowest BCUT2D eigenvalue weighted by molar-refractivity contribution is -0.138. The molecule has 0 saturated carbocycles. The number of benzene rings is 1. The van der Waals surface area contributed by atoms with Crippen LogP contribution < -0.4 is 5.73 Å². The molecule has 0 unspecified atom stereocenters. The molecule has 1 rings (SSSR count). The smallest absolute Gasteiger partial charge is 0.317 e. The number of hydrogen-bond acceptors (Lipinski definition) is 3. The molecule has 0 amide bonds. The largest absolute Gasteiger partial charge is 0.480 e. The van der Waals surface area contributed by atoms with Gasteiger partial charge in [-0.3, -0.25) is 9.69 Å². The molecule has 0 aliphatic carbocycles. The van der Waals surface area contributed by atoms with E-state index in [9.17, 15) is 4.79 Å². The Bertz CT molecular complexity index is 348. The van der Waals surface area contributed by atoms with E-state index in [4.69, 9.17) is 10.8 Å². The molecule has 0 aliphatic rings. The van der Waals surface area contributed by atoms with Gasteiger partial charge in [-0.1, -0.05) is 30.3 Å². The molecular formula is C13H22Cl2N2O2. The van der Waals surface area contributed by atoms with Crippen molar-refractivity contribution in [1.29, 1.82) is 0 Å². The number of hydrogen-bond donors (Lipinski definition) is 2. The first-order chi connectivity index (χ1) is 8.08. The molecule has 1 atom stereocenters. The van der Waals surface area contributed by atoms with Crippen molar-refractivity contribution < 1.29 is 9.90 Å². The molecule has 0 heterocycles. The van der Waals surface area contributed by atoms with Crippen molar-refractivity contribution in [3.8, 4) is 0 Å². The van der Waals surface area contributed by atoms with Crippen molar-refractivity contribution in [2.24, 2.45) is 5.73 Å². The van der Waals surface area contributed by atoms with Crippen LogP contribution in [0.4, 0.5) is 0 Å². The van der Waals surface area contributed by atoms with Crippen molar-refractivity contribution in [3.05, 3.63) is 35.9 Å². The van der Waals surface area contributed by atoms with Crippen LogP contribution in [0.1, 0.15) is 18.9 Å². The van der Waals surface area contributed by atoms with E-state index in [0.717, 1.165) is 12.0 Å². The maximum Gasteiger partial charge on any atom is 0.317 e. The van der Waals surface area contributed by atoms with Gasteiger partial charge in [-0.15, -0.1) is 24.8 Å². The lowest BCUT2D eigenvalue weighted by Gasteiger charge is -2.21. The Balaban J connectivity index is 0. The second-order valence-corrected chi connectivity index (χ2v) is 4.36. The highest BCUT2D eigenvalue weighted by Crippen LogP contribution is 2.05. The molecule has 0 fully saturated rings. The van der Waals surface area contributed by atoms with Crippen molar-refractivity contribution in [2.45, 2.75) is 25.9 Å². The van der Waals surface area contributed by atoms with Gasteiger partial charge in [0.15, 0.2) is 0 Å². The number of carbonyl (C=O) groups is 1. The summed E-state index contributed by atoms with van der Waals surface area (Å²) in [7, 11) is 0. The fourth-order valence-corrected chi connectivity index (χ4v) is 1.63. The summed E-state index contributed by atoms with van der Waals surface area (Å²) in [4.78, 5) is 12.7.